The van der Waals surface area contributed by atoms with Crippen LogP contribution in [0.15, 0.2) is 24.3 Å². The number of rotatable bonds is 1. The van der Waals surface area contributed by atoms with E-state index in [1.54, 1.807) is 0 Å². The summed E-state index contributed by atoms with van der Waals surface area (Å²) in [6.07, 6.45) is 0.819. The number of carbonyl (C=O) groups excluding carboxylic acids is 1. The van der Waals surface area contributed by atoms with E-state index >= 15 is 0 Å². The van der Waals surface area contributed by atoms with Crippen molar-refractivity contribution in [3.8, 4) is 0 Å². The van der Waals surface area contributed by atoms with Crippen LogP contribution in [0, 0.1) is 0 Å². The number of hydrogen-bond acceptors (Lipinski definition) is 2. The summed E-state index contributed by atoms with van der Waals surface area (Å²) in [6, 6.07) is 7.93. The summed E-state index contributed by atoms with van der Waals surface area (Å²) in [6.45, 7) is 0. The van der Waals surface area contributed by atoms with Gasteiger partial charge in [0.1, 0.15) is 0 Å². The number of hydrogen-bond donors (Lipinski definition) is 2. The van der Waals surface area contributed by atoms with E-state index < -0.39 is 0 Å². The molecule has 3 N–H and O–H groups in total. The maximum absolute atomic E-state index is 11.1. The van der Waals surface area contributed by atoms with E-state index in [1.165, 1.54) is 5.56 Å². The number of nitrogens with two attached hydrogens (primary N) is 1. The summed E-state index contributed by atoms with van der Waals surface area (Å²) in [7, 11) is 0. The monoisotopic (exact) mass is 162 g/mol. The van der Waals surface area contributed by atoms with E-state index in [1.807, 2.05) is 24.3 Å². The molecule has 1 aromatic carbocycles. The van der Waals surface area contributed by atoms with Crippen molar-refractivity contribution in [3.63, 3.8) is 0 Å². The van der Waals surface area contributed by atoms with Gasteiger partial charge in [-0.2, -0.15) is 0 Å². The normalized spacial score (nSPS) is 19.2. The fourth-order valence-electron chi connectivity index (χ4n) is 1.59. The molecule has 0 aromatic heterocycles. The van der Waals surface area contributed by atoms with Crippen LogP contribution in [0.25, 0.3) is 0 Å². The third-order valence-electron chi connectivity index (χ3n) is 2.31. The second kappa shape index (κ2) is 2.60. The van der Waals surface area contributed by atoms with Crippen LogP contribution >= 0.6 is 0 Å². The third-order valence-corrected chi connectivity index (χ3v) is 2.31. The maximum Gasteiger partial charge on any atom is 0.241 e. The van der Waals surface area contributed by atoms with Gasteiger partial charge in [-0.3, -0.25) is 10.2 Å². The van der Waals surface area contributed by atoms with Crippen LogP contribution in [-0.4, -0.2) is 5.91 Å². The predicted octanol–water partition coefficient (Wildman–Crippen LogP) is 0.316. The zero-order valence-corrected chi connectivity index (χ0v) is 6.58. The molecular weight excluding hydrogens is 152 g/mol. The van der Waals surface area contributed by atoms with E-state index in [0.717, 1.165) is 12.0 Å². The highest BCUT2D eigenvalue weighted by Crippen LogP contribution is 2.34. The number of carbonyl (C=O) groups is 1. The molecule has 0 radical (unpaired) electrons. The molecule has 0 bridgehead atoms. The first-order valence-corrected chi connectivity index (χ1v) is 3.91. The number of hydrazine groups is 1. The Labute approximate surface area is 70.5 Å². The van der Waals surface area contributed by atoms with Gasteiger partial charge in [-0.1, -0.05) is 24.3 Å². The minimum atomic E-state index is -0.0892. The van der Waals surface area contributed by atoms with Crippen molar-refractivity contribution < 1.29 is 4.79 Å². The first-order chi connectivity index (χ1) is 5.83. The van der Waals surface area contributed by atoms with E-state index in [9.17, 15) is 4.79 Å². The average molecular weight is 162 g/mol. The second-order valence-corrected chi connectivity index (χ2v) is 2.96. The number of nitrogens with one attached hydrogen (secondary N) is 1. The van der Waals surface area contributed by atoms with Gasteiger partial charge in [0.25, 0.3) is 0 Å². The molecule has 1 aromatic rings. The molecule has 12 heavy (non-hydrogen) atoms. The lowest BCUT2D eigenvalue weighted by Gasteiger charge is -2.27. The number of fused-ring (bicyclic) bond motifs is 1. The lowest BCUT2D eigenvalue weighted by atomic mass is 9.77. The molecule has 0 aliphatic heterocycles. The van der Waals surface area contributed by atoms with Gasteiger partial charge in [0.2, 0.25) is 5.91 Å². The van der Waals surface area contributed by atoms with E-state index in [-0.39, 0.29) is 11.8 Å². The fraction of sp³-hybridized carbons (Fsp3) is 0.222. The standard InChI is InChI=1S/C9H10N2O/c10-11-9(12)8-5-6-3-1-2-4-7(6)8/h1-4,8H,5,10H2,(H,11,12). The van der Waals surface area contributed by atoms with Crippen LogP contribution in [0.3, 0.4) is 0 Å². The topological polar surface area (TPSA) is 55.1 Å². The summed E-state index contributed by atoms with van der Waals surface area (Å²) in [5.74, 6) is 4.93. The van der Waals surface area contributed by atoms with Crippen LogP contribution in [-0.2, 0) is 11.2 Å². The Kier molecular flexibility index (Phi) is 1.59. The van der Waals surface area contributed by atoms with Gasteiger partial charge >= 0.3 is 0 Å². The lowest BCUT2D eigenvalue weighted by molar-refractivity contribution is -0.123. The Hall–Kier alpha value is -1.35. The van der Waals surface area contributed by atoms with Gasteiger partial charge < -0.3 is 0 Å². The molecule has 1 aliphatic carbocycles. The fourth-order valence-corrected chi connectivity index (χ4v) is 1.59. The van der Waals surface area contributed by atoms with Gasteiger partial charge in [0.15, 0.2) is 0 Å². The van der Waals surface area contributed by atoms with Crippen molar-refractivity contribution in [3.05, 3.63) is 35.4 Å². The minimum Gasteiger partial charge on any atom is -0.294 e. The Bertz CT molecular complexity index is 322. The summed E-state index contributed by atoms with van der Waals surface area (Å²) in [5.41, 5.74) is 4.54. The third kappa shape index (κ3) is 0.905. The highest BCUT2D eigenvalue weighted by atomic mass is 16.2. The van der Waals surface area contributed by atoms with Gasteiger partial charge in [-0.15, -0.1) is 0 Å². The summed E-state index contributed by atoms with van der Waals surface area (Å²) >= 11 is 0. The molecule has 3 nitrogen and oxygen atoms in total. The number of amides is 1. The van der Waals surface area contributed by atoms with Gasteiger partial charge in [-0.25, -0.2) is 5.84 Å². The molecule has 1 atom stereocenters. The van der Waals surface area contributed by atoms with Crippen LogP contribution in [0.4, 0.5) is 0 Å². The van der Waals surface area contributed by atoms with E-state index in [2.05, 4.69) is 5.43 Å². The second-order valence-electron chi connectivity index (χ2n) is 2.96. The summed E-state index contributed by atoms with van der Waals surface area (Å²) < 4.78 is 0. The molecule has 2 rings (SSSR count). The zero-order chi connectivity index (χ0) is 8.55. The van der Waals surface area contributed by atoms with Crippen LogP contribution in [0.2, 0.25) is 0 Å². The van der Waals surface area contributed by atoms with Crippen molar-refractivity contribution in [2.24, 2.45) is 5.84 Å². The van der Waals surface area contributed by atoms with Gasteiger partial charge in [0, 0.05) is 0 Å². The Balaban J connectivity index is 2.25. The maximum atomic E-state index is 11.1. The van der Waals surface area contributed by atoms with Crippen molar-refractivity contribution >= 4 is 5.91 Å². The molecule has 0 saturated heterocycles. The quantitative estimate of drug-likeness (QED) is 0.355. The molecule has 1 aliphatic rings. The molecule has 3 heteroatoms. The molecule has 1 amide bonds. The molecule has 0 saturated carbocycles. The molecule has 62 valence electrons. The number of benzene rings is 1. The largest absolute Gasteiger partial charge is 0.294 e. The van der Waals surface area contributed by atoms with Crippen LogP contribution in [0.1, 0.15) is 17.0 Å². The molecule has 0 heterocycles. The van der Waals surface area contributed by atoms with Crippen molar-refractivity contribution in [1.29, 1.82) is 0 Å². The highest BCUT2D eigenvalue weighted by molar-refractivity contribution is 5.86. The first-order valence-electron chi connectivity index (χ1n) is 3.91. The van der Waals surface area contributed by atoms with E-state index in [4.69, 9.17) is 5.84 Å². The van der Waals surface area contributed by atoms with Gasteiger partial charge in [0.05, 0.1) is 5.92 Å². The molecule has 0 fully saturated rings. The Morgan fingerprint density at radius 3 is 2.92 bits per heavy atom. The zero-order valence-electron chi connectivity index (χ0n) is 6.58. The van der Waals surface area contributed by atoms with Crippen molar-refractivity contribution in [1.82, 2.24) is 5.43 Å². The molecule has 1 unspecified atom stereocenters. The SMILES string of the molecule is NNC(=O)C1Cc2ccccc21. The van der Waals surface area contributed by atoms with Crippen molar-refractivity contribution in [2.45, 2.75) is 12.3 Å². The molecule has 0 spiro atoms. The first kappa shape index (κ1) is 7.31. The highest BCUT2D eigenvalue weighted by Gasteiger charge is 2.30. The summed E-state index contributed by atoms with van der Waals surface area (Å²) in [5, 5.41) is 0. The smallest absolute Gasteiger partial charge is 0.241 e. The molecular formula is C9H10N2O. The predicted molar refractivity (Wildman–Crippen MR) is 45.2 cm³/mol. The minimum absolute atomic E-state index is 0.0220. The Morgan fingerprint density at radius 1 is 1.50 bits per heavy atom. The van der Waals surface area contributed by atoms with Crippen LogP contribution in [0.5, 0.6) is 0 Å². The summed E-state index contributed by atoms with van der Waals surface area (Å²) in [4.78, 5) is 11.1. The average Bonchev–Trinajstić information content (AvgIpc) is 2.07. The van der Waals surface area contributed by atoms with E-state index in [0.29, 0.717) is 0 Å². The van der Waals surface area contributed by atoms with Crippen molar-refractivity contribution in [2.75, 3.05) is 0 Å². The van der Waals surface area contributed by atoms with Gasteiger partial charge in [-0.05, 0) is 17.5 Å². The van der Waals surface area contributed by atoms with Crippen LogP contribution < -0.4 is 11.3 Å². The lowest BCUT2D eigenvalue weighted by Crippen LogP contribution is -2.39. The Morgan fingerprint density at radius 2 is 2.25 bits per heavy atom.